The van der Waals surface area contributed by atoms with E-state index in [1.54, 1.807) is 6.92 Å². The minimum Gasteiger partial charge on any atom is -0.491 e. The number of ether oxygens (including phenoxy) is 1. The summed E-state index contributed by atoms with van der Waals surface area (Å²) in [4.78, 5) is 4.59. The lowest BCUT2D eigenvalue weighted by molar-refractivity contribution is -0.0350. The van der Waals surface area contributed by atoms with E-state index in [0.717, 1.165) is 43.8 Å². The monoisotopic (exact) mass is 424 g/mol. The summed E-state index contributed by atoms with van der Waals surface area (Å²) in [7, 11) is 0. The van der Waals surface area contributed by atoms with Gasteiger partial charge < -0.3 is 19.8 Å². The van der Waals surface area contributed by atoms with Crippen molar-refractivity contribution in [2.75, 3.05) is 44.2 Å². The number of nitrogens with zero attached hydrogens (tertiary/aromatic N) is 2. The van der Waals surface area contributed by atoms with Crippen LogP contribution in [0.15, 0.2) is 48.5 Å². The van der Waals surface area contributed by atoms with Crippen molar-refractivity contribution in [3.63, 3.8) is 0 Å². The average Bonchev–Trinajstić information content (AvgIpc) is 2.79. The number of β-amino-alcohol motifs (C(OH)–C–C–N with tert-alkyl or cyclic N) is 2. The van der Waals surface area contributed by atoms with E-state index >= 15 is 0 Å². The largest absolute Gasteiger partial charge is 0.491 e. The van der Waals surface area contributed by atoms with Crippen LogP contribution in [-0.2, 0) is 0 Å². The lowest BCUT2D eigenvalue weighted by atomic mass is 10.0. The van der Waals surface area contributed by atoms with Crippen LogP contribution in [0.5, 0.6) is 5.75 Å². The number of benzene rings is 2. The highest BCUT2D eigenvalue weighted by Gasteiger charge is 2.28. The van der Waals surface area contributed by atoms with Crippen molar-refractivity contribution in [3.05, 3.63) is 48.5 Å². The molecule has 0 bridgehead atoms. The Hall–Kier alpha value is -2.08. The number of hydrogen-bond donors (Lipinski definition) is 2. The maximum atomic E-state index is 10.7. The molecule has 2 N–H and O–H groups in total. The second-order valence-corrected chi connectivity index (χ2v) is 9.44. The van der Waals surface area contributed by atoms with E-state index in [9.17, 15) is 10.2 Å². The fourth-order valence-electron chi connectivity index (χ4n) is 4.70. The Morgan fingerprint density at radius 3 is 2.19 bits per heavy atom. The Labute approximate surface area is 186 Å². The Bertz CT molecular complexity index is 814. The van der Waals surface area contributed by atoms with E-state index < -0.39 is 5.60 Å². The summed E-state index contributed by atoms with van der Waals surface area (Å²) in [5, 5.41) is 20.6. The van der Waals surface area contributed by atoms with Crippen LogP contribution >= 0.6 is 0 Å². The van der Waals surface area contributed by atoms with Gasteiger partial charge in [0.15, 0.2) is 0 Å². The normalized spacial score (nSPS) is 22.2. The van der Waals surface area contributed by atoms with Gasteiger partial charge in [0.1, 0.15) is 18.0 Å². The molecule has 2 heterocycles. The molecular weight excluding hydrogens is 388 g/mol. The van der Waals surface area contributed by atoms with Gasteiger partial charge in [0.05, 0.1) is 6.10 Å². The Morgan fingerprint density at radius 2 is 1.55 bits per heavy atom. The van der Waals surface area contributed by atoms with Crippen molar-refractivity contribution >= 4 is 5.69 Å². The average molecular weight is 425 g/mol. The molecule has 5 nitrogen and oxygen atoms in total. The molecule has 2 atom stereocenters. The summed E-state index contributed by atoms with van der Waals surface area (Å²) in [6, 6.07) is 16.9. The van der Waals surface area contributed by atoms with Crippen molar-refractivity contribution < 1.29 is 14.9 Å². The predicted octanol–water partition coefficient (Wildman–Crippen LogP) is 3.93. The van der Waals surface area contributed by atoms with Crippen molar-refractivity contribution in [1.29, 1.82) is 0 Å². The highest BCUT2D eigenvalue weighted by atomic mass is 16.5. The zero-order valence-corrected chi connectivity index (χ0v) is 18.7. The molecule has 2 saturated heterocycles. The van der Waals surface area contributed by atoms with Crippen LogP contribution in [0.1, 0.15) is 39.0 Å². The fourth-order valence-corrected chi connectivity index (χ4v) is 4.70. The van der Waals surface area contributed by atoms with Crippen molar-refractivity contribution in [3.8, 4) is 16.9 Å². The molecule has 0 saturated carbocycles. The first kappa shape index (κ1) is 22.1. The molecule has 5 heteroatoms. The highest BCUT2D eigenvalue weighted by Crippen LogP contribution is 2.27. The molecule has 2 aromatic carbocycles. The summed E-state index contributed by atoms with van der Waals surface area (Å²) in [6.07, 6.45) is 5.46. The Balaban J connectivity index is 1.30. The summed E-state index contributed by atoms with van der Waals surface area (Å²) >= 11 is 0. The van der Waals surface area contributed by atoms with Gasteiger partial charge in [-0.1, -0.05) is 24.3 Å². The van der Waals surface area contributed by atoms with Gasteiger partial charge in [-0.2, -0.15) is 0 Å². The quantitative estimate of drug-likeness (QED) is 0.705. The van der Waals surface area contributed by atoms with Crippen LogP contribution in [0.2, 0.25) is 0 Å². The molecule has 2 unspecified atom stereocenters. The van der Waals surface area contributed by atoms with Crippen LogP contribution in [0.25, 0.3) is 11.1 Å². The maximum absolute atomic E-state index is 10.7. The van der Waals surface area contributed by atoms with Gasteiger partial charge in [-0.3, -0.25) is 4.90 Å². The lowest BCUT2D eigenvalue weighted by Gasteiger charge is -2.35. The first-order valence-corrected chi connectivity index (χ1v) is 11.7. The third kappa shape index (κ3) is 6.22. The first-order chi connectivity index (χ1) is 15.0. The predicted molar refractivity (Wildman–Crippen MR) is 126 cm³/mol. The number of aliphatic hydroxyl groups excluding tert-OH is 1. The van der Waals surface area contributed by atoms with Crippen LogP contribution < -0.4 is 9.64 Å². The molecule has 2 aliphatic rings. The molecule has 4 rings (SSSR count). The van der Waals surface area contributed by atoms with Gasteiger partial charge in [-0.05, 0) is 81.0 Å². The molecule has 0 aliphatic carbocycles. The van der Waals surface area contributed by atoms with E-state index in [1.165, 1.54) is 30.5 Å². The molecule has 0 aromatic heterocycles. The van der Waals surface area contributed by atoms with E-state index in [0.29, 0.717) is 13.1 Å². The molecule has 2 aliphatic heterocycles. The molecule has 2 fully saturated rings. The van der Waals surface area contributed by atoms with Gasteiger partial charge in [0, 0.05) is 31.9 Å². The van der Waals surface area contributed by atoms with Gasteiger partial charge in [0.2, 0.25) is 0 Å². The molecule has 2 aromatic rings. The SMILES string of the molecule is CC(O)(COc1ccc(-c2ccc(N3CCCCC3)cc2)cc1)CN1CCCC(O)C1. The van der Waals surface area contributed by atoms with Crippen molar-refractivity contribution in [1.82, 2.24) is 4.90 Å². The summed E-state index contributed by atoms with van der Waals surface area (Å²) < 4.78 is 5.88. The summed E-state index contributed by atoms with van der Waals surface area (Å²) in [5.41, 5.74) is 2.71. The zero-order chi connectivity index (χ0) is 21.7. The van der Waals surface area contributed by atoms with E-state index in [2.05, 4.69) is 46.2 Å². The van der Waals surface area contributed by atoms with Crippen molar-refractivity contribution in [2.24, 2.45) is 0 Å². The van der Waals surface area contributed by atoms with E-state index in [4.69, 9.17) is 4.74 Å². The highest BCUT2D eigenvalue weighted by molar-refractivity contribution is 5.67. The van der Waals surface area contributed by atoms with Crippen LogP contribution in [0.4, 0.5) is 5.69 Å². The fraction of sp³-hybridized carbons (Fsp3) is 0.538. The molecule has 0 spiro atoms. The Morgan fingerprint density at radius 1 is 0.903 bits per heavy atom. The number of aliphatic hydroxyl groups is 2. The van der Waals surface area contributed by atoms with Crippen LogP contribution in [0, 0.1) is 0 Å². The van der Waals surface area contributed by atoms with Crippen LogP contribution in [0.3, 0.4) is 0 Å². The first-order valence-electron chi connectivity index (χ1n) is 11.7. The van der Waals surface area contributed by atoms with Crippen LogP contribution in [-0.4, -0.2) is 66.1 Å². The summed E-state index contributed by atoms with van der Waals surface area (Å²) in [5.74, 6) is 0.757. The topological polar surface area (TPSA) is 56.2 Å². The van der Waals surface area contributed by atoms with Gasteiger partial charge >= 0.3 is 0 Å². The standard InChI is InChI=1S/C26H36N2O3/c1-26(30,19-27-15-5-6-24(29)18-27)20-31-25-13-9-22(10-14-25)21-7-11-23(12-8-21)28-16-3-2-4-17-28/h7-14,24,29-30H,2-6,15-20H2,1H3. The smallest absolute Gasteiger partial charge is 0.119 e. The number of anilines is 1. The molecule has 31 heavy (non-hydrogen) atoms. The van der Waals surface area contributed by atoms with Crippen molar-refractivity contribution in [2.45, 2.75) is 50.7 Å². The number of piperidine rings is 2. The second kappa shape index (κ2) is 10.0. The minimum atomic E-state index is -0.958. The lowest BCUT2D eigenvalue weighted by Crippen LogP contribution is -2.49. The van der Waals surface area contributed by atoms with Gasteiger partial charge in [0.25, 0.3) is 0 Å². The zero-order valence-electron chi connectivity index (χ0n) is 18.7. The maximum Gasteiger partial charge on any atom is 0.119 e. The second-order valence-electron chi connectivity index (χ2n) is 9.44. The van der Waals surface area contributed by atoms with E-state index in [-0.39, 0.29) is 12.7 Å². The summed E-state index contributed by atoms with van der Waals surface area (Å²) in [6.45, 7) is 6.39. The number of hydrogen-bond acceptors (Lipinski definition) is 5. The molecule has 0 radical (unpaired) electrons. The third-order valence-corrected chi connectivity index (χ3v) is 6.37. The Kier molecular flexibility index (Phi) is 7.16. The minimum absolute atomic E-state index is 0.226. The number of rotatable bonds is 7. The molecule has 168 valence electrons. The van der Waals surface area contributed by atoms with Gasteiger partial charge in [-0.15, -0.1) is 0 Å². The number of likely N-dealkylation sites (tertiary alicyclic amines) is 1. The molecule has 0 amide bonds. The molecular formula is C26H36N2O3. The van der Waals surface area contributed by atoms with E-state index in [1.807, 2.05) is 12.1 Å². The van der Waals surface area contributed by atoms with Gasteiger partial charge in [-0.25, -0.2) is 0 Å². The third-order valence-electron chi connectivity index (χ3n) is 6.37.